The molecule has 2 aromatic carbocycles. The molecule has 22 heavy (non-hydrogen) atoms. The maximum absolute atomic E-state index is 12.2. The number of hydrogen-bond acceptors (Lipinski definition) is 3. The molecule has 0 aliphatic rings. The summed E-state index contributed by atoms with van der Waals surface area (Å²) < 4.78 is 0. The molecule has 0 aliphatic heterocycles. The molecule has 0 radical (unpaired) electrons. The summed E-state index contributed by atoms with van der Waals surface area (Å²) in [4.78, 5) is 23.6. The Balaban J connectivity index is 2.19. The minimum atomic E-state index is -0.295. The Kier molecular flexibility index (Phi) is 5.14. The lowest BCUT2D eigenvalue weighted by atomic mass is 10.1. The monoisotopic (exact) mass is 317 g/mol. The molecule has 4 N–H and O–H groups in total. The first kappa shape index (κ1) is 16.0. The van der Waals surface area contributed by atoms with Crippen molar-refractivity contribution >= 4 is 34.8 Å². The molecule has 0 unspecified atom stereocenters. The number of halogens is 1. The zero-order valence-electron chi connectivity index (χ0n) is 12.0. The third-order valence-electron chi connectivity index (χ3n) is 3.04. The summed E-state index contributed by atoms with van der Waals surface area (Å²) in [6, 6.07) is 11.9. The topological polar surface area (TPSA) is 84.2 Å². The number of rotatable bonds is 4. The van der Waals surface area contributed by atoms with Crippen molar-refractivity contribution in [2.45, 2.75) is 6.92 Å². The van der Waals surface area contributed by atoms with Gasteiger partial charge in [0.2, 0.25) is 5.91 Å². The second kappa shape index (κ2) is 7.06. The van der Waals surface area contributed by atoms with Crippen molar-refractivity contribution in [3.05, 3.63) is 58.6 Å². The van der Waals surface area contributed by atoms with Crippen LogP contribution < -0.4 is 16.4 Å². The van der Waals surface area contributed by atoms with Crippen molar-refractivity contribution in [2.24, 2.45) is 5.73 Å². The van der Waals surface area contributed by atoms with Gasteiger partial charge in [0, 0.05) is 22.0 Å². The van der Waals surface area contributed by atoms with E-state index in [0.29, 0.717) is 22.0 Å². The van der Waals surface area contributed by atoms with Crippen LogP contribution in [0.15, 0.2) is 42.5 Å². The normalized spacial score (nSPS) is 10.1. The van der Waals surface area contributed by atoms with Crippen LogP contribution in [0.2, 0.25) is 5.02 Å². The summed E-state index contributed by atoms with van der Waals surface area (Å²) >= 11 is 5.88. The van der Waals surface area contributed by atoms with E-state index < -0.39 is 0 Å². The Bertz CT molecular complexity index is 716. The van der Waals surface area contributed by atoms with Gasteiger partial charge >= 0.3 is 0 Å². The van der Waals surface area contributed by atoms with E-state index >= 15 is 0 Å². The highest BCUT2D eigenvalue weighted by molar-refractivity contribution is 6.31. The molecule has 0 aliphatic carbocycles. The number of hydrogen-bond donors (Lipinski definition) is 3. The van der Waals surface area contributed by atoms with Gasteiger partial charge in [0.05, 0.1) is 6.54 Å². The number of nitrogens with one attached hydrogen (secondary N) is 2. The van der Waals surface area contributed by atoms with Gasteiger partial charge in [-0.2, -0.15) is 0 Å². The summed E-state index contributed by atoms with van der Waals surface area (Å²) in [6.45, 7) is 1.76. The van der Waals surface area contributed by atoms with E-state index in [2.05, 4.69) is 10.6 Å². The number of carbonyl (C=O) groups is 2. The summed E-state index contributed by atoms with van der Waals surface area (Å²) in [6.07, 6.45) is 0. The van der Waals surface area contributed by atoms with Crippen LogP contribution in [-0.4, -0.2) is 18.4 Å². The maximum atomic E-state index is 12.2. The van der Waals surface area contributed by atoms with Crippen LogP contribution in [-0.2, 0) is 4.79 Å². The molecule has 5 nitrogen and oxygen atoms in total. The predicted octanol–water partition coefficient (Wildman–Crippen LogP) is 2.80. The highest BCUT2D eigenvalue weighted by atomic mass is 35.5. The zero-order valence-corrected chi connectivity index (χ0v) is 12.8. The maximum Gasteiger partial charge on any atom is 0.255 e. The van der Waals surface area contributed by atoms with Gasteiger partial charge in [-0.05, 0) is 42.8 Å². The van der Waals surface area contributed by atoms with Crippen molar-refractivity contribution in [3.63, 3.8) is 0 Å². The Morgan fingerprint density at radius 3 is 2.59 bits per heavy atom. The van der Waals surface area contributed by atoms with Gasteiger partial charge in [-0.25, -0.2) is 0 Å². The molecule has 0 fully saturated rings. The standard InChI is InChI=1S/C16H16ClN3O2/c1-10-5-6-13(19-15(21)9-18)8-14(10)20-16(22)11-3-2-4-12(17)7-11/h2-8H,9,18H2,1H3,(H,19,21)(H,20,22). The second-order valence-electron chi connectivity index (χ2n) is 4.75. The lowest BCUT2D eigenvalue weighted by molar-refractivity contribution is -0.114. The number of anilines is 2. The van der Waals surface area contributed by atoms with Crippen molar-refractivity contribution in [1.29, 1.82) is 0 Å². The SMILES string of the molecule is Cc1ccc(NC(=O)CN)cc1NC(=O)c1cccc(Cl)c1. The van der Waals surface area contributed by atoms with E-state index in [0.717, 1.165) is 5.56 Å². The molecule has 6 heteroatoms. The van der Waals surface area contributed by atoms with Gasteiger partial charge < -0.3 is 16.4 Å². The summed E-state index contributed by atoms with van der Waals surface area (Å²) in [5, 5.41) is 5.94. The van der Waals surface area contributed by atoms with Gasteiger partial charge in [0.15, 0.2) is 0 Å². The van der Waals surface area contributed by atoms with Crippen LogP contribution in [0.25, 0.3) is 0 Å². The van der Waals surface area contributed by atoms with Crippen molar-refractivity contribution in [2.75, 3.05) is 17.2 Å². The molecule has 0 heterocycles. The fourth-order valence-electron chi connectivity index (χ4n) is 1.87. The number of benzene rings is 2. The number of nitrogens with two attached hydrogens (primary N) is 1. The first-order valence-corrected chi connectivity index (χ1v) is 7.05. The summed E-state index contributed by atoms with van der Waals surface area (Å²) in [5.41, 5.74) is 7.78. The molecule has 114 valence electrons. The molecule has 0 bridgehead atoms. The van der Waals surface area contributed by atoms with E-state index in [1.807, 2.05) is 6.92 Å². The number of amides is 2. The van der Waals surface area contributed by atoms with Crippen molar-refractivity contribution in [1.82, 2.24) is 0 Å². The predicted molar refractivity (Wildman–Crippen MR) is 88.3 cm³/mol. The van der Waals surface area contributed by atoms with Gasteiger partial charge in [0.1, 0.15) is 0 Å². The fourth-order valence-corrected chi connectivity index (χ4v) is 2.06. The summed E-state index contributed by atoms with van der Waals surface area (Å²) in [7, 11) is 0. The van der Waals surface area contributed by atoms with Gasteiger partial charge in [-0.15, -0.1) is 0 Å². The Morgan fingerprint density at radius 2 is 1.91 bits per heavy atom. The van der Waals surface area contributed by atoms with E-state index in [4.69, 9.17) is 17.3 Å². The number of aryl methyl sites for hydroxylation is 1. The van der Waals surface area contributed by atoms with Crippen LogP contribution >= 0.6 is 11.6 Å². The Morgan fingerprint density at radius 1 is 1.14 bits per heavy atom. The third kappa shape index (κ3) is 4.07. The average Bonchev–Trinajstić information content (AvgIpc) is 2.50. The second-order valence-corrected chi connectivity index (χ2v) is 5.18. The minimum absolute atomic E-state index is 0.0991. The third-order valence-corrected chi connectivity index (χ3v) is 3.28. The van der Waals surface area contributed by atoms with Crippen LogP contribution in [0, 0.1) is 6.92 Å². The Hall–Kier alpha value is -2.37. The molecule has 2 aromatic rings. The van der Waals surface area contributed by atoms with E-state index in [9.17, 15) is 9.59 Å². The van der Waals surface area contributed by atoms with E-state index in [1.165, 1.54) is 0 Å². The largest absolute Gasteiger partial charge is 0.325 e. The quantitative estimate of drug-likeness (QED) is 0.810. The first-order chi connectivity index (χ1) is 10.5. The highest BCUT2D eigenvalue weighted by Gasteiger charge is 2.09. The molecule has 0 spiro atoms. The van der Waals surface area contributed by atoms with Gasteiger partial charge in [-0.3, -0.25) is 9.59 Å². The minimum Gasteiger partial charge on any atom is -0.325 e. The molecule has 0 saturated carbocycles. The molecule has 2 amide bonds. The molecule has 2 rings (SSSR count). The van der Waals surface area contributed by atoms with Crippen LogP contribution in [0.4, 0.5) is 11.4 Å². The van der Waals surface area contributed by atoms with E-state index in [-0.39, 0.29) is 18.4 Å². The Labute approximate surface area is 133 Å². The van der Waals surface area contributed by atoms with Crippen LogP contribution in [0.3, 0.4) is 0 Å². The molecule has 0 saturated heterocycles. The van der Waals surface area contributed by atoms with Gasteiger partial charge in [-0.1, -0.05) is 23.7 Å². The summed E-state index contributed by atoms with van der Waals surface area (Å²) in [5.74, 6) is -0.566. The van der Waals surface area contributed by atoms with Crippen molar-refractivity contribution in [3.8, 4) is 0 Å². The van der Waals surface area contributed by atoms with E-state index in [1.54, 1.807) is 42.5 Å². The fraction of sp³-hybridized carbons (Fsp3) is 0.125. The molecular weight excluding hydrogens is 302 g/mol. The van der Waals surface area contributed by atoms with Crippen LogP contribution in [0.5, 0.6) is 0 Å². The van der Waals surface area contributed by atoms with Gasteiger partial charge in [0.25, 0.3) is 5.91 Å². The average molecular weight is 318 g/mol. The first-order valence-electron chi connectivity index (χ1n) is 6.67. The highest BCUT2D eigenvalue weighted by Crippen LogP contribution is 2.21. The smallest absolute Gasteiger partial charge is 0.255 e. The lowest BCUT2D eigenvalue weighted by Gasteiger charge is -2.11. The van der Waals surface area contributed by atoms with Crippen molar-refractivity contribution < 1.29 is 9.59 Å². The zero-order chi connectivity index (χ0) is 16.1. The molecule has 0 aromatic heterocycles. The lowest BCUT2D eigenvalue weighted by Crippen LogP contribution is -2.22. The number of carbonyl (C=O) groups excluding carboxylic acids is 2. The molecule has 0 atom stereocenters. The van der Waals surface area contributed by atoms with Crippen LogP contribution in [0.1, 0.15) is 15.9 Å². The molecular formula is C16H16ClN3O2.